The van der Waals surface area contributed by atoms with Crippen molar-refractivity contribution in [2.75, 3.05) is 37.4 Å². The monoisotopic (exact) mass is 278 g/mol. The van der Waals surface area contributed by atoms with Gasteiger partial charge in [-0.1, -0.05) is 6.07 Å². The molecule has 0 unspecified atom stereocenters. The Balaban J connectivity index is 1.83. The van der Waals surface area contributed by atoms with Gasteiger partial charge < -0.3 is 20.3 Å². The van der Waals surface area contributed by atoms with Gasteiger partial charge in [0.15, 0.2) is 0 Å². The van der Waals surface area contributed by atoms with Gasteiger partial charge in [-0.3, -0.25) is 0 Å². The minimum absolute atomic E-state index is 0.207. The number of rotatable bonds is 4. The molecule has 0 bridgehead atoms. The van der Waals surface area contributed by atoms with Crippen LogP contribution in [0.15, 0.2) is 18.2 Å². The van der Waals surface area contributed by atoms with Gasteiger partial charge in [0.1, 0.15) is 11.6 Å². The fourth-order valence-electron chi connectivity index (χ4n) is 2.28. The first-order chi connectivity index (χ1) is 9.72. The molecule has 1 aliphatic rings. The van der Waals surface area contributed by atoms with Crippen molar-refractivity contribution in [1.29, 1.82) is 0 Å². The fourth-order valence-corrected chi connectivity index (χ4v) is 2.28. The number of carbonyl (C=O) groups is 1. The lowest BCUT2D eigenvalue weighted by Gasteiger charge is -2.31. The van der Waals surface area contributed by atoms with Crippen LogP contribution in [0, 0.1) is 0 Å². The number of hydrogen-bond acceptors (Lipinski definition) is 5. The molecule has 2 rings (SSSR count). The third-order valence-electron chi connectivity index (χ3n) is 3.38. The number of anilines is 2. The third-order valence-corrected chi connectivity index (χ3v) is 3.38. The zero-order valence-corrected chi connectivity index (χ0v) is 12.1. The summed E-state index contributed by atoms with van der Waals surface area (Å²) in [6, 6.07) is 6.20. The first kappa shape index (κ1) is 14.4. The standard InChI is InChI=1S/C14H22N4O2/c1-3-20-14(19)18-9-7-11(8-10-18)16-13-6-4-5-12(15-2)17-13/h4-6,11H,3,7-10H2,1-2H3,(H2,15,16,17). The smallest absolute Gasteiger partial charge is 0.409 e. The van der Waals surface area contributed by atoms with Crippen LogP contribution in [0.3, 0.4) is 0 Å². The number of amides is 1. The van der Waals surface area contributed by atoms with Crippen LogP contribution in [0.4, 0.5) is 16.4 Å². The van der Waals surface area contributed by atoms with Crippen LogP contribution in [0.5, 0.6) is 0 Å². The lowest BCUT2D eigenvalue weighted by Crippen LogP contribution is -2.42. The largest absolute Gasteiger partial charge is 0.450 e. The second kappa shape index (κ2) is 6.98. The molecule has 1 aromatic rings. The fraction of sp³-hybridized carbons (Fsp3) is 0.571. The molecule has 1 aliphatic heterocycles. The highest BCUT2D eigenvalue weighted by molar-refractivity contribution is 5.67. The molecule has 0 radical (unpaired) electrons. The zero-order valence-electron chi connectivity index (χ0n) is 12.1. The maximum Gasteiger partial charge on any atom is 0.409 e. The Kier molecular flexibility index (Phi) is 5.03. The van der Waals surface area contributed by atoms with Crippen molar-refractivity contribution in [1.82, 2.24) is 9.88 Å². The number of nitrogens with one attached hydrogen (secondary N) is 2. The predicted octanol–water partition coefficient (Wildman–Crippen LogP) is 2.16. The van der Waals surface area contributed by atoms with Gasteiger partial charge in [-0.2, -0.15) is 0 Å². The number of carbonyl (C=O) groups excluding carboxylic acids is 1. The van der Waals surface area contributed by atoms with Crippen LogP contribution in [0.2, 0.25) is 0 Å². The summed E-state index contributed by atoms with van der Waals surface area (Å²) in [6.45, 7) is 3.70. The minimum Gasteiger partial charge on any atom is -0.450 e. The van der Waals surface area contributed by atoms with Gasteiger partial charge in [0, 0.05) is 26.2 Å². The molecule has 0 atom stereocenters. The molecular formula is C14H22N4O2. The highest BCUT2D eigenvalue weighted by Gasteiger charge is 2.23. The van der Waals surface area contributed by atoms with Crippen molar-refractivity contribution >= 4 is 17.7 Å². The van der Waals surface area contributed by atoms with E-state index in [0.717, 1.165) is 37.6 Å². The Labute approximate surface area is 119 Å². The van der Waals surface area contributed by atoms with Gasteiger partial charge in [0.05, 0.1) is 6.61 Å². The molecular weight excluding hydrogens is 256 g/mol. The van der Waals surface area contributed by atoms with Crippen LogP contribution < -0.4 is 10.6 Å². The number of piperidine rings is 1. The minimum atomic E-state index is -0.207. The molecule has 0 spiro atoms. The first-order valence-corrected chi connectivity index (χ1v) is 7.06. The lowest BCUT2D eigenvalue weighted by molar-refractivity contribution is 0.0983. The highest BCUT2D eigenvalue weighted by Crippen LogP contribution is 2.17. The summed E-state index contributed by atoms with van der Waals surface area (Å²) in [4.78, 5) is 17.8. The molecule has 110 valence electrons. The van der Waals surface area contributed by atoms with Crippen LogP contribution in [0.1, 0.15) is 19.8 Å². The molecule has 1 saturated heterocycles. The number of ether oxygens (including phenoxy) is 1. The van der Waals surface area contributed by atoms with Gasteiger partial charge in [-0.15, -0.1) is 0 Å². The Hall–Kier alpha value is -1.98. The molecule has 2 N–H and O–H groups in total. The zero-order chi connectivity index (χ0) is 14.4. The summed E-state index contributed by atoms with van der Waals surface area (Å²) in [5.41, 5.74) is 0. The van der Waals surface area contributed by atoms with E-state index in [4.69, 9.17) is 4.74 Å². The number of nitrogens with zero attached hydrogens (tertiary/aromatic N) is 2. The number of likely N-dealkylation sites (tertiary alicyclic amines) is 1. The predicted molar refractivity (Wildman–Crippen MR) is 79.0 cm³/mol. The van der Waals surface area contributed by atoms with E-state index in [1.54, 1.807) is 4.90 Å². The Morgan fingerprint density at radius 1 is 1.40 bits per heavy atom. The number of pyridine rings is 1. The number of aromatic nitrogens is 1. The molecule has 1 fully saturated rings. The van der Waals surface area contributed by atoms with Crippen molar-refractivity contribution in [3.8, 4) is 0 Å². The van der Waals surface area contributed by atoms with Gasteiger partial charge in [0.2, 0.25) is 0 Å². The summed E-state index contributed by atoms with van der Waals surface area (Å²) < 4.78 is 5.01. The van der Waals surface area contributed by atoms with Gasteiger partial charge in [0.25, 0.3) is 0 Å². The first-order valence-electron chi connectivity index (χ1n) is 7.06. The van der Waals surface area contributed by atoms with E-state index in [9.17, 15) is 4.79 Å². The van der Waals surface area contributed by atoms with E-state index in [-0.39, 0.29) is 6.09 Å². The molecule has 2 heterocycles. The van der Waals surface area contributed by atoms with Crippen molar-refractivity contribution < 1.29 is 9.53 Å². The van der Waals surface area contributed by atoms with Gasteiger partial charge in [-0.25, -0.2) is 9.78 Å². The van der Waals surface area contributed by atoms with Crippen LogP contribution in [0.25, 0.3) is 0 Å². The van der Waals surface area contributed by atoms with E-state index < -0.39 is 0 Å². The maximum absolute atomic E-state index is 11.6. The average Bonchev–Trinajstić information content (AvgIpc) is 2.48. The van der Waals surface area contributed by atoms with E-state index in [1.165, 1.54) is 0 Å². The van der Waals surface area contributed by atoms with Crippen LogP contribution in [-0.2, 0) is 4.74 Å². The molecule has 6 heteroatoms. The Morgan fingerprint density at radius 2 is 2.10 bits per heavy atom. The van der Waals surface area contributed by atoms with E-state index in [2.05, 4.69) is 15.6 Å². The number of hydrogen-bond donors (Lipinski definition) is 2. The van der Waals surface area contributed by atoms with E-state index >= 15 is 0 Å². The van der Waals surface area contributed by atoms with Gasteiger partial charge in [-0.05, 0) is 31.9 Å². The molecule has 1 aromatic heterocycles. The molecule has 0 saturated carbocycles. The van der Waals surface area contributed by atoms with Crippen LogP contribution in [-0.4, -0.2) is 48.8 Å². The van der Waals surface area contributed by atoms with Gasteiger partial charge >= 0.3 is 6.09 Å². The lowest BCUT2D eigenvalue weighted by atomic mass is 10.1. The normalized spacial score (nSPS) is 15.8. The van der Waals surface area contributed by atoms with Crippen molar-refractivity contribution in [3.05, 3.63) is 18.2 Å². The second-order valence-corrected chi connectivity index (χ2v) is 4.76. The summed E-state index contributed by atoms with van der Waals surface area (Å²) in [5.74, 6) is 1.71. The summed E-state index contributed by atoms with van der Waals surface area (Å²) in [5, 5.41) is 6.44. The molecule has 20 heavy (non-hydrogen) atoms. The van der Waals surface area contributed by atoms with Crippen molar-refractivity contribution in [2.24, 2.45) is 0 Å². The summed E-state index contributed by atoms with van der Waals surface area (Å²) in [7, 11) is 1.85. The topological polar surface area (TPSA) is 66.5 Å². The Bertz CT molecular complexity index is 445. The van der Waals surface area contributed by atoms with E-state index in [0.29, 0.717) is 12.6 Å². The second-order valence-electron chi connectivity index (χ2n) is 4.76. The quantitative estimate of drug-likeness (QED) is 0.883. The molecule has 0 aromatic carbocycles. The summed E-state index contributed by atoms with van der Waals surface area (Å²) >= 11 is 0. The Morgan fingerprint density at radius 3 is 2.75 bits per heavy atom. The molecule has 1 amide bonds. The van der Waals surface area contributed by atoms with Crippen molar-refractivity contribution in [3.63, 3.8) is 0 Å². The highest BCUT2D eigenvalue weighted by atomic mass is 16.6. The van der Waals surface area contributed by atoms with Crippen LogP contribution >= 0.6 is 0 Å². The third kappa shape index (κ3) is 3.76. The SMILES string of the molecule is CCOC(=O)N1CCC(Nc2cccc(NC)n2)CC1. The molecule has 6 nitrogen and oxygen atoms in total. The van der Waals surface area contributed by atoms with E-state index in [1.807, 2.05) is 32.2 Å². The maximum atomic E-state index is 11.6. The summed E-state index contributed by atoms with van der Waals surface area (Å²) in [6.07, 6.45) is 1.61. The molecule has 0 aliphatic carbocycles. The van der Waals surface area contributed by atoms with Crippen molar-refractivity contribution in [2.45, 2.75) is 25.8 Å². The average molecular weight is 278 g/mol.